The van der Waals surface area contributed by atoms with Crippen LogP contribution in [0.2, 0.25) is 0 Å². The number of aryl methyl sites for hydroxylation is 1. The van der Waals surface area contributed by atoms with Crippen molar-refractivity contribution >= 4 is 0 Å². The minimum absolute atomic E-state index is 0.555. The standard InChI is InChI=1S/C23H36O2/c1-3-4-18-7-12-21(13-8-18)23-16-11-20(17-25-23)6-5-19-9-14-22(24-2)15-10-19/h9-10,14-15,18,20-21,23H,3-8,11-13,16-17H2,1-2H3. The van der Waals surface area contributed by atoms with Gasteiger partial charge in [-0.25, -0.2) is 0 Å². The van der Waals surface area contributed by atoms with Crippen LogP contribution in [0.15, 0.2) is 24.3 Å². The van der Waals surface area contributed by atoms with Crippen molar-refractivity contribution in [3.8, 4) is 5.75 Å². The van der Waals surface area contributed by atoms with Crippen molar-refractivity contribution < 1.29 is 9.47 Å². The molecule has 2 aliphatic rings. The van der Waals surface area contributed by atoms with Gasteiger partial charge in [0.05, 0.1) is 13.2 Å². The molecule has 2 nitrogen and oxygen atoms in total. The Bertz CT molecular complexity index is 479. The van der Waals surface area contributed by atoms with E-state index in [-0.39, 0.29) is 0 Å². The van der Waals surface area contributed by atoms with Gasteiger partial charge in [-0.15, -0.1) is 0 Å². The highest BCUT2D eigenvalue weighted by atomic mass is 16.5. The summed E-state index contributed by atoms with van der Waals surface area (Å²) in [5, 5.41) is 0. The quantitative estimate of drug-likeness (QED) is 0.601. The van der Waals surface area contributed by atoms with Crippen molar-refractivity contribution in [3.63, 3.8) is 0 Å². The summed E-state index contributed by atoms with van der Waals surface area (Å²) in [6.45, 7) is 3.30. The Balaban J connectivity index is 1.36. The molecule has 1 aromatic rings. The van der Waals surface area contributed by atoms with Crippen LogP contribution in [0.1, 0.15) is 70.3 Å². The SMILES string of the molecule is CCCC1CCC(C2CCC(CCc3ccc(OC)cc3)CO2)CC1. The fourth-order valence-corrected chi connectivity index (χ4v) is 4.85. The van der Waals surface area contributed by atoms with E-state index in [9.17, 15) is 0 Å². The first-order valence-electron chi connectivity index (χ1n) is 10.5. The number of ether oxygens (including phenoxy) is 2. The summed E-state index contributed by atoms with van der Waals surface area (Å²) < 4.78 is 11.6. The van der Waals surface area contributed by atoms with Crippen LogP contribution in [0.3, 0.4) is 0 Å². The summed E-state index contributed by atoms with van der Waals surface area (Å²) in [5.74, 6) is 3.54. The average Bonchev–Trinajstić information content (AvgIpc) is 2.68. The first-order chi connectivity index (χ1) is 12.3. The number of hydrogen-bond acceptors (Lipinski definition) is 2. The molecule has 0 N–H and O–H groups in total. The van der Waals surface area contributed by atoms with Crippen LogP contribution in [-0.4, -0.2) is 19.8 Å². The third kappa shape index (κ3) is 5.48. The van der Waals surface area contributed by atoms with Crippen molar-refractivity contribution in [2.75, 3.05) is 13.7 Å². The molecule has 2 heteroatoms. The Morgan fingerprint density at radius 1 is 0.920 bits per heavy atom. The molecule has 25 heavy (non-hydrogen) atoms. The molecule has 0 spiro atoms. The van der Waals surface area contributed by atoms with E-state index in [1.54, 1.807) is 7.11 Å². The van der Waals surface area contributed by atoms with Crippen LogP contribution in [0, 0.1) is 17.8 Å². The summed E-state index contributed by atoms with van der Waals surface area (Å²) >= 11 is 0. The minimum Gasteiger partial charge on any atom is -0.497 e. The predicted octanol–water partition coefficient (Wildman–Crippen LogP) is 6.03. The van der Waals surface area contributed by atoms with Crippen LogP contribution < -0.4 is 4.74 Å². The summed E-state index contributed by atoms with van der Waals surface area (Å²) in [7, 11) is 1.72. The molecular formula is C23H36O2. The molecule has 1 aliphatic carbocycles. The fourth-order valence-electron chi connectivity index (χ4n) is 4.85. The zero-order valence-corrected chi connectivity index (χ0v) is 16.2. The van der Waals surface area contributed by atoms with Gasteiger partial charge in [0.25, 0.3) is 0 Å². The van der Waals surface area contributed by atoms with Crippen LogP contribution >= 0.6 is 0 Å². The Morgan fingerprint density at radius 2 is 1.64 bits per heavy atom. The van der Waals surface area contributed by atoms with Crippen molar-refractivity contribution in [3.05, 3.63) is 29.8 Å². The lowest BCUT2D eigenvalue weighted by molar-refractivity contribution is -0.0594. The maximum Gasteiger partial charge on any atom is 0.118 e. The van der Waals surface area contributed by atoms with Gasteiger partial charge in [-0.1, -0.05) is 44.7 Å². The van der Waals surface area contributed by atoms with Crippen molar-refractivity contribution in [1.82, 2.24) is 0 Å². The molecule has 140 valence electrons. The monoisotopic (exact) mass is 344 g/mol. The molecule has 1 aromatic carbocycles. The van der Waals surface area contributed by atoms with E-state index in [0.29, 0.717) is 6.10 Å². The molecule has 1 aliphatic heterocycles. The zero-order chi connectivity index (χ0) is 17.5. The lowest BCUT2D eigenvalue weighted by Crippen LogP contribution is -2.34. The smallest absolute Gasteiger partial charge is 0.118 e. The van der Waals surface area contributed by atoms with E-state index in [2.05, 4.69) is 31.2 Å². The van der Waals surface area contributed by atoms with Gasteiger partial charge < -0.3 is 9.47 Å². The van der Waals surface area contributed by atoms with E-state index in [4.69, 9.17) is 9.47 Å². The molecule has 2 atom stereocenters. The molecule has 0 amide bonds. The van der Waals surface area contributed by atoms with Gasteiger partial charge in [0, 0.05) is 6.61 Å². The molecule has 1 saturated heterocycles. The second kappa shape index (κ2) is 9.62. The maximum atomic E-state index is 6.33. The number of hydrogen-bond donors (Lipinski definition) is 0. The van der Waals surface area contributed by atoms with Crippen LogP contribution in [0.5, 0.6) is 5.75 Å². The first-order valence-corrected chi connectivity index (χ1v) is 10.5. The normalized spacial score (nSPS) is 30.2. The van der Waals surface area contributed by atoms with Gasteiger partial charge in [0.15, 0.2) is 0 Å². The molecule has 3 rings (SSSR count). The second-order valence-electron chi connectivity index (χ2n) is 8.27. The maximum absolute atomic E-state index is 6.33. The Hall–Kier alpha value is -1.02. The third-order valence-electron chi connectivity index (χ3n) is 6.52. The Morgan fingerprint density at radius 3 is 2.24 bits per heavy atom. The predicted molar refractivity (Wildman–Crippen MR) is 104 cm³/mol. The Kier molecular flexibility index (Phi) is 7.22. The lowest BCUT2D eigenvalue weighted by atomic mass is 9.76. The number of rotatable bonds is 7. The molecule has 1 heterocycles. The lowest BCUT2D eigenvalue weighted by Gasteiger charge is -2.38. The average molecular weight is 345 g/mol. The summed E-state index contributed by atoms with van der Waals surface area (Å²) in [5.41, 5.74) is 1.41. The number of methoxy groups -OCH3 is 1. The van der Waals surface area contributed by atoms with E-state index >= 15 is 0 Å². The molecule has 0 radical (unpaired) electrons. The molecule has 0 bridgehead atoms. The van der Waals surface area contributed by atoms with Gasteiger partial charge in [0.1, 0.15) is 5.75 Å². The van der Waals surface area contributed by atoms with Gasteiger partial charge in [-0.3, -0.25) is 0 Å². The van der Waals surface area contributed by atoms with Crippen LogP contribution in [0.25, 0.3) is 0 Å². The van der Waals surface area contributed by atoms with Gasteiger partial charge in [-0.05, 0) is 74.0 Å². The molecule has 1 saturated carbocycles. The van der Waals surface area contributed by atoms with Crippen molar-refractivity contribution in [2.45, 2.75) is 77.2 Å². The highest BCUT2D eigenvalue weighted by molar-refractivity contribution is 5.27. The van der Waals surface area contributed by atoms with Crippen LogP contribution in [0.4, 0.5) is 0 Å². The summed E-state index contributed by atoms with van der Waals surface area (Å²) in [4.78, 5) is 0. The largest absolute Gasteiger partial charge is 0.497 e. The first kappa shape index (κ1) is 18.8. The van der Waals surface area contributed by atoms with E-state index in [0.717, 1.165) is 36.5 Å². The van der Waals surface area contributed by atoms with E-state index in [1.165, 1.54) is 63.4 Å². The van der Waals surface area contributed by atoms with E-state index < -0.39 is 0 Å². The highest BCUT2D eigenvalue weighted by Gasteiger charge is 2.31. The van der Waals surface area contributed by atoms with Crippen LogP contribution in [-0.2, 0) is 11.2 Å². The fraction of sp³-hybridized carbons (Fsp3) is 0.739. The zero-order valence-electron chi connectivity index (χ0n) is 16.2. The molecular weight excluding hydrogens is 308 g/mol. The Labute approximate surface area is 154 Å². The molecule has 2 fully saturated rings. The van der Waals surface area contributed by atoms with Crippen molar-refractivity contribution in [1.29, 1.82) is 0 Å². The third-order valence-corrected chi connectivity index (χ3v) is 6.52. The molecule has 2 unspecified atom stereocenters. The summed E-state index contributed by atoms with van der Waals surface area (Å²) in [6, 6.07) is 8.52. The minimum atomic E-state index is 0.555. The topological polar surface area (TPSA) is 18.5 Å². The highest BCUT2D eigenvalue weighted by Crippen LogP contribution is 2.37. The number of benzene rings is 1. The van der Waals surface area contributed by atoms with Gasteiger partial charge >= 0.3 is 0 Å². The van der Waals surface area contributed by atoms with Gasteiger partial charge in [-0.2, -0.15) is 0 Å². The summed E-state index contributed by atoms with van der Waals surface area (Å²) in [6.07, 6.45) is 14.1. The molecule has 0 aromatic heterocycles. The van der Waals surface area contributed by atoms with E-state index in [1.807, 2.05) is 0 Å². The van der Waals surface area contributed by atoms with Crippen molar-refractivity contribution in [2.24, 2.45) is 17.8 Å². The second-order valence-corrected chi connectivity index (χ2v) is 8.27. The van der Waals surface area contributed by atoms with Gasteiger partial charge in [0.2, 0.25) is 0 Å².